The van der Waals surface area contributed by atoms with Gasteiger partial charge in [0.15, 0.2) is 0 Å². The smallest absolute Gasteiger partial charge is 0.330 e. The highest BCUT2D eigenvalue weighted by molar-refractivity contribution is 5.83. The van der Waals surface area contributed by atoms with Crippen molar-refractivity contribution in [3.63, 3.8) is 0 Å². The first-order valence-corrected chi connectivity index (χ1v) is 5.30. The van der Waals surface area contributed by atoms with Gasteiger partial charge in [0, 0.05) is 12.6 Å². The maximum Gasteiger partial charge on any atom is 0.330 e. The summed E-state index contributed by atoms with van der Waals surface area (Å²) in [4.78, 5) is 22.5. The highest BCUT2D eigenvalue weighted by Crippen LogP contribution is 2.03. The molecular formula is C11H17N3O3. The molecule has 0 saturated carbocycles. The van der Waals surface area contributed by atoms with Crippen LogP contribution in [0.1, 0.15) is 18.3 Å². The van der Waals surface area contributed by atoms with Gasteiger partial charge in [0.05, 0.1) is 19.3 Å². The molecule has 0 fully saturated rings. The largest absolute Gasteiger partial charge is 0.467 e. The lowest BCUT2D eigenvalue weighted by Crippen LogP contribution is -2.43. The summed E-state index contributed by atoms with van der Waals surface area (Å²) in [5, 5.41) is 6.77. The van der Waals surface area contributed by atoms with E-state index in [0.717, 1.165) is 11.4 Å². The van der Waals surface area contributed by atoms with E-state index in [1.54, 1.807) is 4.68 Å². The van der Waals surface area contributed by atoms with Crippen LogP contribution in [0.15, 0.2) is 6.07 Å². The number of hydrogen-bond donors (Lipinski definition) is 1. The number of ether oxygens (including phenoxy) is 1. The Morgan fingerprint density at radius 1 is 1.53 bits per heavy atom. The molecule has 0 aliphatic rings. The molecule has 1 aromatic heterocycles. The third-order valence-electron chi connectivity index (χ3n) is 2.32. The van der Waals surface area contributed by atoms with Gasteiger partial charge in [-0.2, -0.15) is 5.10 Å². The number of esters is 1. The van der Waals surface area contributed by atoms with Crippen LogP contribution in [-0.2, 0) is 20.9 Å². The fourth-order valence-electron chi connectivity index (χ4n) is 1.60. The summed E-state index contributed by atoms with van der Waals surface area (Å²) < 4.78 is 6.31. The molecular weight excluding hydrogens is 222 g/mol. The lowest BCUT2D eigenvalue weighted by molar-refractivity contribution is -0.145. The number of methoxy groups -OCH3 is 1. The van der Waals surface area contributed by atoms with Crippen LogP contribution in [0.2, 0.25) is 0 Å². The van der Waals surface area contributed by atoms with Crippen molar-refractivity contribution in [2.75, 3.05) is 7.11 Å². The van der Waals surface area contributed by atoms with Gasteiger partial charge in [-0.1, -0.05) is 0 Å². The molecule has 1 N–H and O–H groups in total. The average Bonchev–Trinajstić information content (AvgIpc) is 2.54. The van der Waals surface area contributed by atoms with Gasteiger partial charge in [0.1, 0.15) is 6.04 Å². The molecule has 1 rings (SSSR count). The number of aryl methyl sites for hydroxylation is 2. The van der Waals surface area contributed by atoms with Crippen LogP contribution in [0.5, 0.6) is 0 Å². The van der Waals surface area contributed by atoms with Crippen molar-refractivity contribution in [1.82, 2.24) is 15.1 Å². The average molecular weight is 239 g/mol. The topological polar surface area (TPSA) is 73.2 Å². The Morgan fingerprint density at radius 2 is 2.18 bits per heavy atom. The third-order valence-corrected chi connectivity index (χ3v) is 2.32. The monoisotopic (exact) mass is 239 g/mol. The Balaban J connectivity index is 2.82. The molecule has 1 unspecified atom stereocenters. The van der Waals surface area contributed by atoms with E-state index in [4.69, 9.17) is 0 Å². The second kappa shape index (κ2) is 5.47. The second-order valence-electron chi connectivity index (χ2n) is 3.89. The highest BCUT2D eigenvalue weighted by Gasteiger charge is 2.21. The SMILES string of the molecule is COC(=O)C(Cn1nc(C)cc1C)NC(C)=O. The zero-order valence-corrected chi connectivity index (χ0v) is 10.5. The molecule has 1 aromatic rings. The maximum atomic E-state index is 11.5. The van der Waals surface area contributed by atoms with E-state index in [-0.39, 0.29) is 12.5 Å². The van der Waals surface area contributed by atoms with Crippen molar-refractivity contribution in [3.8, 4) is 0 Å². The molecule has 6 nitrogen and oxygen atoms in total. The summed E-state index contributed by atoms with van der Waals surface area (Å²) in [5.41, 5.74) is 1.80. The fourth-order valence-corrected chi connectivity index (χ4v) is 1.60. The molecule has 1 heterocycles. The van der Waals surface area contributed by atoms with Gasteiger partial charge in [-0.05, 0) is 19.9 Å². The van der Waals surface area contributed by atoms with Crippen LogP contribution in [0.4, 0.5) is 0 Å². The molecule has 6 heteroatoms. The minimum Gasteiger partial charge on any atom is -0.467 e. The number of aromatic nitrogens is 2. The standard InChI is InChI=1S/C11H17N3O3/c1-7-5-8(2)14(13-7)6-10(11(16)17-4)12-9(3)15/h5,10H,6H2,1-4H3,(H,12,15). The summed E-state index contributed by atoms with van der Waals surface area (Å²) in [6.45, 7) is 5.39. The Bertz CT molecular complexity index is 426. The molecule has 0 aliphatic carbocycles. The molecule has 0 spiro atoms. The number of nitrogens with zero attached hydrogens (tertiary/aromatic N) is 2. The molecule has 94 valence electrons. The molecule has 1 amide bonds. The zero-order valence-electron chi connectivity index (χ0n) is 10.5. The number of hydrogen-bond acceptors (Lipinski definition) is 4. The lowest BCUT2D eigenvalue weighted by atomic mass is 10.3. The summed E-state index contributed by atoms with van der Waals surface area (Å²) in [5.74, 6) is -0.755. The maximum absolute atomic E-state index is 11.5. The molecule has 1 atom stereocenters. The van der Waals surface area contributed by atoms with E-state index < -0.39 is 12.0 Å². The van der Waals surface area contributed by atoms with Crippen molar-refractivity contribution in [1.29, 1.82) is 0 Å². The minimum absolute atomic E-state index is 0.270. The summed E-state index contributed by atoms with van der Waals surface area (Å²) in [6, 6.07) is 1.19. The Hall–Kier alpha value is -1.85. The van der Waals surface area contributed by atoms with E-state index in [1.807, 2.05) is 19.9 Å². The number of amides is 1. The summed E-state index contributed by atoms with van der Waals surface area (Å²) >= 11 is 0. The normalized spacial score (nSPS) is 12.0. The minimum atomic E-state index is -0.713. The quantitative estimate of drug-likeness (QED) is 0.760. The highest BCUT2D eigenvalue weighted by atomic mass is 16.5. The van der Waals surface area contributed by atoms with Crippen LogP contribution in [0, 0.1) is 13.8 Å². The predicted octanol–water partition coefficient (Wildman–Crippen LogP) is 0.178. The van der Waals surface area contributed by atoms with Crippen LogP contribution < -0.4 is 5.32 Å². The van der Waals surface area contributed by atoms with E-state index in [1.165, 1.54) is 14.0 Å². The molecule has 0 radical (unpaired) electrons. The van der Waals surface area contributed by atoms with Crippen LogP contribution >= 0.6 is 0 Å². The van der Waals surface area contributed by atoms with Gasteiger partial charge >= 0.3 is 5.97 Å². The van der Waals surface area contributed by atoms with E-state index in [0.29, 0.717) is 0 Å². The molecule has 0 bridgehead atoms. The molecule has 0 aromatic carbocycles. The number of carbonyl (C=O) groups is 2. The zero-order chi connectivity index (χ0) is 13.0. The Labute approximate surface area is 99.9 Å². The van der Waals surface area contributed by atoms with E-state index in [9.17, 15) is 9.59 Å². The molecule has 0 saturated heterocycles. The Kier molecular flexibility index (Phi) is 4.25. The van der Waals surface area contributed by atoms with Crippen molar-refractivity contribution in [2.24, 2.45) is 0 Å². The van der Waals surface area contributed by atoms with Crippen molar-refractivity contribution in [2.45, 2.75) is 33.4 Å². The fraction of sp³-hybridized carbons (Fsp3) is 0.545. The van der Waals surface area contributed by atoms with Crippen LogP contribution in [0.25, 0.3) is 0 Å². The first kappa shape index (κ1) is 13.2. The van der Waals surface area contributed by atoms with Gasteiger partial charge in [-0.15, -0.1) is 0 Å². The van der Waals surface area contributed by atoms with Crippen LogP contribution in [-0.4, -0.2) is 34.8 Å². The van der Waals surface area contributed by atoms with Crippen molar-refractivity contribution >= 4 is 11.9 Å². The molecule has 17 heavy (non-hydrogen) atoms. The van der Waals surface area contributed by atoms with Gasteiger partial charge in [0.2, 0.25) is 5.91 Å². The van der Waals surface area contributed by atoms with Gasteiger partial charge in [-0.25, -0.2) is 4.79 Å². The van der Waals surface area contributed by atoms with E-state index in [2.05, 4.69) is 15.2 Å². The number of carbonyl (C=O) groups excluding carboxylic acids is 2. The van der Waals surface area contributed by atoms with Crippen molar-refractivity contribution in [3.05, 3.63) is 17.5 Å². The van der Waals surface area contributed by atoms with E-state index >= 15 is 0 Å². The third kappa shape index (κ3) is 3.58. The Morgan fingerprint density at radius 3 is 2.59 bits per heavy atom. The number of rotatable bonds is 4. The van der Waals surface area contributed by atoms with Gasteiger partial charge < -0.3 is 10.1 Å². The summed E-state index contributed by atoms with van der Waals surface area (Å²) in [6.07, 6.45) is 0. The predicted molar refractivity (Wildman–Crippen MR) is 61.3 cm³/mol. The summed E-state index contributed by atoms with van der Waals surface area (Å²) in [7, 11) is 1.29. The van der Waals surface area contributed by atoms with Gasteiger partial charge in [0.25, 0.3) is 0 Å². The first-order chi connectivity index (χ1) is 7.93. The second-order valence-corrected chi connectivity index (χ2v) is 3.89. The van der Waals surface area contributed by atoms with Crippen molar-refractivity contribution < 1.29 is 14.3 Å². The number of nitrogens with one attached hydrogen (secondary N) is 1. The lowest BCUT2D eigenvalue weighted by Gasteiger charge is -2.16. The molecule has 0 aliphatic heterocycles. The van der Waals surface area contributed by atoms with Crippen LogP contribution in [0.3, 0.4) is 0 Å². The first-order valence-electron chi connectivity index (χ1n) is 5.30. The van der Waals surface area contributed by atoms with Gasteiger partial charge in [-0.3, -0.25) is 9.48 Å².